The molecule has 4 heteroatoms. The van der Waals surface area contributed by atoms with Crippen LogP contribution in [0.4, 0.5) is 5.82 Å². The fraction of sp³-hybridized carbons (Fsp3) is 0.143. The highest BCUT2D eigenvalue weighted by Crippen LogP contribution is 2.20. The minimum Gasteiger partial charge on any atom is -0.497 e. The van der Waals surface area contributed by atoms with E-state index in [1.807, 2.05) is 6.92 Å². The van der Waals surface area contributed by atoms with Gasteiger partial charge in [-0.05, 0) is 42.8 Å². The van der Waals surface area contributed by atoms with E-state index in [1.165, 1.54) is 0 Å². The van der Waals surface area contributed by atoms with Gasteiger partial charge in [-0.2, -0.15) is 0 Å². The van der Waals surface area contributed by atoms with Crippen LogP contribution in [-0.2, 0) is 0 Å². The van der Waals surface area contributed by atoms with Crippen molar-refractivity contribution in [1.29, 1.82) is 0 Å². The van der Waals surface area contributed by atoms with Crippen LogP contribution in [0.3, 0.4) is 0 Å². The van der Waals surface area contributed by atoms with Crippen LogP contribution in [0.2, 0.25) is 0 Å². The quantitative estimate of drug-likeness (QED) is 0.838. The molecule has 0 saturated carbocycles. The summed E-state index contributed by atoms with van der Waals surface area (Å²) in [5, 5.41) is 0. The van der Waals surface area contributed by atoms with Gasteiger partial charge in [0.25, 0.3) is 0 Å². The van der Waals surface area contributed by atoms with Crippen LogP contribution in [0.25, 0.3) is 0 Å². The van der Waals surface area contributed by atoms with E-state index in [2.05, 4.69) is 4.98 Å². The van der Waals surface area contributed by atoms with E-state index in [4.69, 9.17) is 10.5 Å². The third kappa shape index (κ3) is 2.18. The molecule has 1 heterocycles. The van der Waals surface area contributed by atoms with Crippen LogP contribution < -0.4 is 10.5 Å². The fourth-order valence-electron chi connectivity index (χ4n) is 1.76. The van der Waals surface area contributed by atoms with E-state index in [0.29, 0.717) is 16.9 Å². The average Bonchev–Trinajstić information content (AvgIpc) is 2.38. The summed E-state index contributed by atoms with van der Waals surface area (Å²) in [4.78, 5) is 16.3. The van der Waals surface area contributed by atoms with E-state index < -0.39 is 0 Å². The third-order valence-electron chi connectivity index (χ3n) is 2.77. The van der Waals surface area contributed by atoms with Gasteiger partial charge >= 0.3 is 0 Å². The van der Waals surface area contributed by atoms with Gasteiger partial charge in [-0.3, -0.25) is 4.79 Å². The molecule has 0 spiro atoms. The number of rotatable bonds is 3. The summed E-state index contributed by atoms with van der Waals surface area (Å²) in [5.74, 6) is 0.846. The number of hydrogen-bond donors (Lipinski definition) is 1. The molecule has 0 aliphatic rings. The largest absolute Gasteiger partial charge is 0.497 e. The molecule has 0 unspecified atom stereocenters. The fourth-order valence-corrected chi connectivity index (χ4v) is 1.76. The number of anilines is 1. The Morgan fingerprint density at radius 1 is 1.22 bits per heavy atom. The number of pyridine rings is 1. The number of ether oxygens (including phenoxy) is 1. The molecular weight excluding hydrogens is 228 g/mol. The van der Waals surface area contributed by atoms with Crippen LogP contribution >= 0.6 is 0 Å². The molecule has 4 nitrogen and oxygen atoms in total. The van der Waals surface area contributed by atoms with Gasteiger partial charge in [-0.15, -0.1) is 0 Å². The Kier molecular flexibility index (Phi) is 3.28. The van der Waals surface area contributed by atoms with Crippen molar-refractivity contribution in [3.63, 3.8) is 0 Å². The normalized spacial score (nSPS) is 10.1. The summed E-state index contributed by atoms with van der Waals surface area (Å²) < 4.78 is 5.05. The van der Waals surface area contributed by atoms with Gasteiger partial charge in [0.15, 0.2) is 5.78 Å². The molecule has 0 aliphatic carbocycles. The van der Waals surface area contributed by atoms with Gasteiger partial charge in [0.1, 0.15) is 11.6 Å². The second-order valence-electron chi connectivity index (χ2n) is 3.95. The maximum atomic E-state index is 12.3. The minimum absolute atomic E-state index is 0.124. The molecule has 0 aliphatic heterocycles. The predicted octanol–water partition coefficient (Wildman–Crippen LogP) is 2.21. The highest BCUT2D eigenvalue weighted by atomic mass is 16.5. The van der Waals surface area contributed by atoms with Crippen LogP contribution in [0.15, 0.2) is 36.5 Å². The van der Waals surface area contributed by atoms with Crippen molar-refractivity contribution in [3.8, 4) is 5.75 Å². The number of carbonyl (C=O) groups is 1. The first-order valence-electron chi connectivity index (χ1n) is 5.53. The molecule has 0 radical (unpaired) electrons. The Balaban J connectivity index is 2.41. The smallest absolute Gasteiger partial charge is 0.196 e. The number of nitrogen functional groups attached to an aromatic ring is 1. The van der Waals surface area contributed by atoms with Crippen LogP contribution in [0.5, 0.6) is 5.75 Å². The summed E-state index contributed by atoms with van der Waals surface area (Å²) in [6, 6.07) is 8.69. The highest BCUT2D eigenvalue weighted by molar-refractivity contribution is 6.12. The number of aromatic nitrogens is 1. The number of methoxy groups -OCH3 is 1. The Labute approximate surface area is 105 Å². The van der Waals surface area contributed by atoms with Gasteiger partial charge in [-0.1, -0.05) is 0 Å². The number of benzene rings is 1. The lowest BCUT2D eigenvalue weighted by atomic mass is 10.00. The number of hydrogen-bond acceptors (Lipinski definition) is 4. The Hall–Kier alpha value is -2.36. The molecule has 0 saturated heterocycles. The molecule has 0 fully saturated rings. The number of ketones is 1. The first kappa shape index (κ1) is 12.1. The van der Waals surface area contributed by atoms with Crippen molar-refractivity contribution in [1.82, 2.24) is 4.98 Å². The van der Waals surface area contributed by atoms with Crippen molar-refractivity contribution in [3.05, 3.63) is 53.2 Å². The molecular formula is C14H14N2O2. The zero-order chi connectivity index (χ0) is 13.1. The molecule has 18 heavy (non-hydrogen) atoms. The molecule has 0 amide bonds. The second-order valence-corrected chi connectivity index (χ2v) is 3.95. The van der Waals surface area contributed by atoms with Gasteiger partial charge in [-0.25, -0.2) is 4.98 Å². The second kappa shape index (κ2) is 4.87. The van der Waals surface area contributed by atoms with Crippen molar-refractivity contribution in [2.75, 3.05) is 12.8 Å². The first-order chi connectivity index (χ1) is 8.63. The SMILES string of the molecule is COc1ccc(C(=O)c2c(C)ccnc2N)cc1. The number of aryl methyl sites for hydroxylation is 1. The number of nitrogens with zero attached hydrogens (tertiary/aromatic N) is 1. The third-order valence-corrected chi connectivity index (χ3v) is 2.77. The first-order valence-corrected chi connectivity index (χ1v) is 5.53. The monoisotopic (exact) mass is 242 g/mol. The van der Waals surface area contributed by atoms with E-state index >= 15 is 0 Å². The predicted molar refractivity (Wildman–Crippen MR) is 69.8 cm³/mol. The van der Waals surface area contributed by atoms with Crippen molar-refractivity contribution < 1.29 is 9.53 Å². The maximum Gasteiger partial charge on any atom is 0.196 e. The maximum absolute atomic E-state index is 12.3. The van der Waals surface area contributed by atoms with Gasteiger partial charge in [0.2, 0.25) is 0 Å². The minimum atomic E-state index is -0.124. The Morgan fingerprint density at radius 3 is 2.44 bits per heavy atom. The summed E-state index contributed by atoms with van der Waals surface area (Å²) in [6.45, 7) is 1.84. The number of carbonyl (C=O) groups excluding carboxylic acids is 1. The highest BCUT2D eigenvalue weighted by Gasteiger charge is 2.15. The van der Waals surface area contributed by atoms with Gasteiger partial charge in [0.05, 0.1) is 12.7 Å². The standard InChI is InChI=1S/C14H14N2O2/c1-9-7-8-16-14(15)12(9)13(17)10-3-5-11(18-2)6-4-10/h3-8H,1-2H3,(H2,15,16). The lowest BCUT2D eigenvalue weighted by Gasteiger charge is -2.07. The molecule has 0 bridgehead atoms. The van der Waals surface area contributed by atoms with E-state index in [-0.39, 0.29) is 11.6 Å². The van der Waals surface area contributed by atoms with E-state index in [0.717, 1.165) is 5.56 Å². The zero-order valence-electron chi connectivity index (χ0n) is 10.3. The van der Waals surface area contributed by atoms with E-state index in [9.17, 15) is 4.79 Å². The molecule has 2 aromatic rings. The van der Waals surface area contributed by atoms with E-state index in [1.54, 1.807) is 43.6 Å². The van der Waals surface area contributed by atoms with Crippen LogP contribution in [-0.4, -0.2) is 17.9 Å². The lowest BCUT2D eigenvalue weighted by molar-refractivity contribution is 0.103. The summed E-state index contributed by atoms with van der Waals surface area (Å²) >= 11 is 0. The summed E-state index contributed by atoms with van der Waals surface area (Å²) in [7, 11) is 1.58. The molecule has 1 aromatic heterocycles. The van der Waals surface area contributed by atoms with Crippen molar-refractivity contribution in [2.45, 2.75) is 6.92 Å². The number of nitrogens with two attached hydrogens (primary N) is 1. The summed E-state index contributed by atoms with van der Waals surface area (Å²) in [5.41, 5.74) is 7.61. The van der Waals surface area contributed by atoms with Crippen LogP contribution in [0.1, 0.15) is 21.5 Å². The molecule has 92 valence electrons. The van der Waals surface area contributed by atoms with Crippen LogP contribution in [0, 0.1) is 6.92 Å². The van der Waals surface area contributed by atoms with Gasteiger partial charge in [0, 0.05) is 11.8 Å². The Bertz CT molecular complexity index is 557. The molecule has 1 aromatic carbocycles. The average molecular weight is 242 g/mol. The molecule has 0 atom stereocenters. The van der Waals surface area contributed by atoms with Crippen molar-refractivity contribution in [2.24, 2.45) is 0 Å². The topological polar surface area (TPSA) is 65.2 Å². The zero-order valence-corrected chi connectivity index (χ0v) is 10.3. The lowest BCUT2D eigenvalue weighted by Crippen LogP contribution is -2.09. The molecule has 2 N–H and O–H groups in total. The molecule has 2 rings (SSSR count). The van der Waals surface area contributed by atoms with Crippen molar-refractivity contribution >= 4 is 11.6 Å². The Morgan fingerprint density at radius 2 is 1.89 bits per heavy atom. The summed E-state index contributed by atoms with van der Waals surface area (Å²) in [6.07, 6.45) is 1.59. The van der Waals surface area contributed by atoms with Gasteiger partial charge < -0.3 is 10.5 Å².